The van der Waals surface area contributed by atoms with Gasteiger partial charge in [-0.15, -0.1) is 19.1 Å². The minimum absolute atomic E-state index is 0. The number of ether oxygens (including phenoxy) is 1. The summed E-state index contributed by atoms with van der Waals surface area (Å²) in [4.78, 5) is 11.3. The van der Waals surface area contributed by atoms with Crippen molar-refractivity contribution in [2.24, 2.45) is 0 Å². The Morgan fingerprint density at radius 1 is 1.25 bits per heavy atom. The molecule has 0 aliphatic carbocycles. The second-order valence-electron chi connectivity index (χ2n) is 4.07. The van der Waals surface area contributed by atoms with Crippen LogP contribution in [0, 0.1) is 19.1 Å². The van der Waals surface area contributed by atoms with Crippen LogP contribution in [0.3, 0.4) is 0 Å². The smallest absolute Gasteiger partial charge is 0.306 e. The third-order valence-corrected chi connectivity index (χ3v) is 2.80. The maximum absolute atomic E-state index is 11.3. The Morgan fingerprint density at radius 2 is 1.90 bits per heavy atom. The number of carbonyl (C=O) groups excluding carboxylic acids is 1. The minimum atomic E-state index is -0.250. The molecule has 2 aromatic rings. The van der Waals surface area contributed by atoms with Gasteiger partial charge in [0.2, 0.25) is 0 Å². The summed E-state index contributed by atoms with van der Waals surface area (Å²) in [5.74, 6) is -0.250. The van der Waals surface area contributed by atoms with E-state index < -0.39 is 0 Å². The number of hydrogen-bond acceptors (Lipinski definition) is 2. The van der Waals surface area contributed by atoms with Crippen molar-refractivity contribution in [3.8, 4) is 11.1 Å². The zero-order valence-corrected chi connectivity index (χ0v) is 17.2. The molecule has 0 saturated carbocycles. The van der Waals surface area contributed by atoms with Crippen LogP contribution in [0.4, 0.5) is 0 Å². The van der Waals surface area contributed by atoms with Crippen LogP contribution < -0.4 is 0 Å². The van der Waals surface area contributed by atoms with Crippen LogP contribution in [0.1, 0.15) is 11.1 Å². The van der Waals surface area contributed by atoms with E-state index in [2.05, 4.69) is 16.9 Å². The molecule has 4 heteroatoms. The number of esters is 1. The molecule has 0 spiro atoms. The van der Waals surface area contributed by atoms with Gasteiger partial charge in [0.15, 0.2) is 0 Å². The summed E-state index contributed by atoms with van der Waals surface area (Å²) in [6.45, 7) is 1.94. The summed E-state index contributed by atoms with van der Waals surface area (Å²) >= 11 is 0. The normalized spacial score (nSPS) is 9.10. The number of benzene rings is 2. The molecule has 2 rings (SSSR count). The van der Waals surface area contributed by atoms with Crippen molar-refractivity contribution in [1.82, 2.24) is 0 Å². The fraction of sp³-hybridized carbons (Fsp3) is 0.188. The second-order valence-corrected chi connectivity index (χ2v) is 4.07. The van der Waals surface area contributed by atoms with Crippen molar-refractivity contribution < 1.29 is 63.3 Å². The molecule has 2 aromatic carbocycles. The van der Waals surface area contributed by atoms with Crippen LogP contribution >= 0.6 is 0 Å². The van der Waals surface area contributed by atoms with Gasteiger partial charge in [-0.25, -0.2) is 17.2 Å². The largest absolute Gasteiger partial charge is 0.469 e. The molecule has 2 nitrogen and oxygen atoms in total. The van der Waals surface area contributed by atoms with Gasteiger partial charge < -0.3 is 4.74 Å². The van der Waals surface area contributed by atoms with E-state index in [9.17, 15) is 4.79 Å². The van der Waals surface area contributed by atoms with E-state index in [0.29, 0.717) is 0 Å². The Morgan fingerprint density at radius 3 is 2.50 bits per heavy atom. The van der Waals surface area contributed by atoms with Crippen LogP contribution in [0.5, 0.6) is 0 Å². The Labute approximate surface area is 159 Å². The predicted octanol–water partition coefficient (Wildman–Crippen LogP) is 2.97. The van der Waals surface area contributed by atoms with Crippen molar-refractivity contribution in [2.75, 3.05) is 7.11 Å². The molecular formula is C16H14O2WY-2. The molecule has 0 aliphatic rings. The molecule has 0 N–H and O–H groups in total. The molecule has 0 aliphatic heterocycles. The number of carbonyl (C=O) groups is 1. The van der Waals surface area contributed by atoms with Crippen LogP contribution in [-0.2, 0) is 69.7 Å². The van der Waals surface area contributed by atoms with Gasteiger partial charge in [0.1, 0.15) is 0 Å². The molecule has 1 radical (unpaired) electrons. The van der Waals surface area contributed by atoms with Crippen molar-refractivity contribution >= 4 is 5.97 Å². The monoisotopic (exact) mass is 511 g/mol. The molecule has 0 heterocycles. The molecule has 0 amide bonds. The molecule has 0 atom stereocenters. The van der Waals surface area contributed by atoms with E-state index in [-0.39, 0.29) is 66.2 Å². The van der Waals surface area contributed by atoms with Gasteiger partial charge in [-0.05, 0) is 0 Å². The quantitative estimate of drug-likeness (QED) is 0.469. The van der Waals surface area contributed by atoms with Crippen LogP contribution in [-0.4, -0.2) is 13.1 Å². The third kappa shape index (κ3) is 5.24. The van der Waals surface area contributed by atoms with Gasteiger partial charge in [0, 0.05) is 60.2 Å². The van der Waals surface area contributed by atoms with Crippen molar-refractivity contribution in [3.63, 3.8) is 0 Å². The summed E-state index contributed by atoms with van der Waals surface area (Å²) in [6, 6.07) is 18.2. The van der Waals surface area contributed by atoms with E-state index in [1.54, 1.807) is 0 Å². The first-order valence-corrected chi connectivity index (χ1v) is 5.76. The molecule has 0 saturated heterocycles. The first-order valence-electron chi connectivity index (χ1n) is 5.76. The Hall–Kier alpha value is -0.298. The minimum Gasteiger partial charge on any atom is -0.469 e. The third-order valence-electron chi connectivity index (χ3n) is 2.80. The summed E-state index contributed by atoms with van der Waals surface area (Å²) in [5.41, 5.74) is 3.78. The average molecular weight is 511 g/mol. The van der Waals surface area contributed by atoms with Gasteiger partial charge in [-0.2, -0.15) is 5.56 Å². The predicted molar refractivity (Wildman–Crippen MR) is 70.0 cm³/mol. The van der Waals surface area contributed by atoms with Crippen LogP contribution in [0.25, 0.3) is 11.1 Å². The average Bonchev–Trinajstić information content (AvgIpc) is 2.42. The van der Waals surface area contributed by atoms with Gasteiger partial charge in [-0.1, -0.05) is 18.2 Å². The van der Waals surface area contributed by atoms with Gasteiger partial charge in [0.25, 0.3) is 0 Å². The first kappa shape index (κ1) is 19.7. The molecule has 0 aromatic heterocycles. The maximum atomic E-state index is 11.3. The van der Waals surface area contributed by atoms with Crippen molar-refractivity contribution in [2.45, 2.75) is 13.3 Å². The number of rotatable bonds is 3. The van der Waals surface area contributed by atoms with Gasteiger partial charge >= 0.3 is 5.97 Å². The summed E-state index contributed by atoms with van der Waals surface area (Å²) in [5, 5.41) is 0. The van der Waals surface area contributed by atoms with E-state index in [4.69, 9.17) is 0 Å². The van der Waals surface area contributed by atoms with E-state index in [1.165, 1.54) is 7.11 Å². The van der Waals surface area contributed by atoms with Gasteiger partial charge in [-0.3, -0.25) is 22.5 Å². The second kappa shape index (κ2) is 9.60. The van der Waals surface area contributed by atoms with Crippen LogP contribution in [0.15, 0.2) is 36.4 Å². The first-order chi connectivity index (χ1) is 8.70. The fourth-order valence-electron chi connectivity index (χ4n) is 1.71. The van der Waals surface area contributed by atoms with Crippen molar-refractivity contribution in [3.05, 3.63) is 59.7 Å². The summed E-state index contributed by atoms with van der Waals surface area (Å²) < 4.78 is 4.69. The molecule has 0 unspecified atom stereocenters. The molecular weight excluding hydrogens is 497 g/mol. The van der Waals surface area contributed by atoms with E-state index in [0.717, 1.165) is 22.3 Å². The Kier molecular flexibility index (Phi) is 9.46. The molecule has 0 bridgehead atoms. The number of aryl methyl sites for hydroxylation is 1. The number of hydrogen-bond donors (Lipinski definition) is 0. The topological polar surface area (TPSA) is 26.3 Å². The van der Waals surface area contributed by atoms with Gasteiger partial charge in [0.05, 0.1) is 7.11 Å². The van der Waals surface area contributed by atoms with Crippen LogP contribution in [0.2, 0.25) is 0 Å². The molecule has 0 fully saturated rings. The van der Waals surface area contributed by atoms with E-state index in [1.807, 2.05) is 43.3 Å². The van der Waals surface area contributed by atoms with E-state index >= 15 is 0 Å². The molecule has 20 heavy (non-hydrogen) atoms. The zero-order valence-electron chi connectivity index (χ0n) is 11.5. The zero-order chi connectivity index (χ0) is 13.0. The SMILES string of the molecule is COC(=O)Cc1[c-]c(-c2ccccc2)[c-]cc1C.[W].[Y]. The Balaban J connectivity index is 0.00000180. The molecule has 101 valence electrons. The number of methoxy groups -OCH3 is 1. The standard InChI is InChI=1S/C16H14O2.W.Y/c1-12-8-9-14(13-6-4-3-5-7-13)10-15(12)11-16(17)18-2;;/h3-8H,11H2,1-2H3;;/q-2;;. The fourth-order valence-corrected chi connectivity index (χ4v) is 1.71. The summed E-state index contributed by atoms with van der Waals surface area (Å²) in [6.07, 6.45) is 0.247. The van der Waals surface area contributed by atoms with Crippen molar-refractivity contribution in [1.29, 1.82) is 0 Å². The Bertz CT molecular complexity index is 556. The maximum Gasteiger partial charge on any atom is 0.306 e. The summed E-state index contributed by atoms with van der Waals surface area (Å²) in [7, 11) is 1.39.